The molecule has 5 nitrogen and oxygen atoms in total. The minimum absolute atomic E-state index is 0.00435. The molecule has 0 saturated carbocycles. The third kappa shape index (κ3) is 3.79. The van der Waals surface area contributed by atoms with Crippen molar-refractivity contribution in [1.82, 2.24) is 4.90 Å². The van der Waals surface area contributed by atoms with Crippen molar-refractivity contribution in [2.75, 3.05) is 20.7 Å². The van der Waals surface area contributed by atoms with E-state index in [-0.39, 0.29) is 17.9 Å². The molecule has 0 amide bonds. The Labute approximate surface area is 112 Å². The van der Waals surface area contributed by atoms with Crippen molar-refractivity contribution in [3.8, 4) is 5.75 Å². The Morgan fingerprint density at radius 3 is 2.47 bits per heavy atom. The van der Waals surface area contributed by atoms with Crippen LogP contribution in [-0.4, -0.2) is 42.5 Å². The molecular formula is C14H19NO4. The lowest BCUT2D eigenvalue weighted by Crippen LogP contribution is -2.19. The molecule has 0 saturated heterocycles. The molecule has 0 fully saturated rings. The minimum Gasteiger partial charge on any atom is -0.507 e. The van der Waals surface area contributed by atoms with E-state index < -0.39 is 11.8 Å². The van der Waals surface area contributed by atoms with E-state index in [4.69, 9.17) is 0 Å². The molecule has 1 aromatic rings. The van der Waals surface area contributed by atoms with Crippen LogP contribution in [0.3, 0.4) is 0 Å². The number of nitrogens with zero attached hydrogens (tertiary/aromatic N) is 1. The van der Waals surface area contributed by atoms with Gasteiger partial charge in [0.15, 0.2) is 0 Å². The van der Waals surface area contributed by atoms with Crippen LogP contribution in [0.1, 0.15) is 28.4 Å². The van der Waals surface area contributed by atoms with Crippen molar-refractivity contribution in [3.63, 3.8) is 0 Å². The Bertz CT molecular complexity index is 494. The molecule has 19 heavy (non-hydrogen) atoms. The molecule has 0 aromatic heterocycles. The number of hydrogen-bond acceptors (Lipinski definition) is 5. The summed E-state index contributed by atoms with van der Waals surface area (Å²) in [6.07, 6.45) is 0. The average Bonchev–Trinajstić information content (AvgIpc) is 2.32. The number of ketones is 1. The zero-order valence-corrected chi connectivity index (χ0v) is 11.7. The van der Waals surface area contributed by atoms with Crippen LogP contribution in [0.25, 0.3) is 0 Å². The van der Waals surface area contributed by atoms with Gasteiger partial charge in [-0.25, -0.2) is 4.79 Å². The molecule has 0 bridgehead atoms. The molecule has 0 heterocycles. The molecule has 1 N–H and O–H groups in total. The number of ether oxygens (including phenoxy) is 1. The summed E-state index contributed by atoms with van der Waals surface area (Å²) in [7, 11) is 3.71. The highest BCUT2D eigenvalue weighted by Crippen LogP contribution is 2.26. The molecule has 5 heteroatoms. The number of benzene rings is 1. The first-order chi connectivity index (χ1) is 8.86. The minimum atomic E-state index is -0.945. The molecule has 0 radical (unpaired) electrons. The molecule has 0 atom stereocenters. The molecular weight excluding hydrogens is 246 g/mol. The lowest BCUT2D eigenvalue weighted by atomic mass is 10.0. The molecule has 0 aliphatic rings. The lowest BCUT2D eigenvalue weighted by Gasteiger charge is -2.14. The standard InChI is InChI=1S/C14H19NO4/c1-5-19-14(18)13(17)11-7-9(2)6-10(12(11)16)8-15(3)4/h6-7,16H,5,8H2,1-4H3. The largest absolute Gasteiger partial charge is 0.507 e. The van der Waals surface area contributed by atoms with Crippen molar-refractivity contribution in [2.45, 2.75) is 20.4 Å². The van der Waals surface area contributed by atoms with Gasteiger partial charge in [-0.05, 0) is 39.6 Å². The van der Waals surface area contributed by atoms with Crippen LogP contribution in [0.2, 0.25) is 0 Å². The summed E-state index contributed by atoms with van der Waals surface area (Å²) in [6.45, 7) is 4.04. The number of aryl methyl sites for hydroxylation is 1. The summed E-state index contributed by atoms with van der Waals surface area (Å²) in [4.78, 5) is 25.2. The monoisotopic (exact) mass is 265 g/mol. The van der Waals surface area contributed by atoms with E-state index in [9.17, 15) is 14.7 Å². The summed E-state index contributed by atoms with van der Waals surface area (Å²) < 4.78 is 4.66. The number of phenols is 1. The van der Waals surface area contributed by atoms with Gasteiger partial charge in [0.1, 0.15) is 5.75 Å². The van der Waals surface area contributed by atoms with E-state index in [2.05, 4.69) is 4.74 Å². The third-order valence-electron chi connectivity index (χ3n) is 2.53. The highest BCUT2D eigenvalue weighted by atomic mass is 16.5. The van der Waals surface area contributed by atoms with Gasteiger partial charge in [-0.1, -0.05) is 6.07 Å². The fourth-order valence-electron chi connectivity index (χ4n) is 1.79. The quantitative estimate of drug-likeness (QED) is 0.496. The van der Waals surface area contributed by atoms with Crippen LogP contribution in [0.4, 0.5) is 0 Å². The summed E-state index contributed by atoms with van der Waals surface area (Å²) in [5, 5.41) is 10.1. The molecule has 0 unspecified atom stereocenters. The van der Waals surface area contributed by atoms with Crippen molar-refractivity contribution < 1.29 is 19.4 Å². The fraction of sp³-hybridized carbons (Fsp3) is 0.429. The Balaban J connectivity index is 3.17. The molecule has 0 spiro atoms. The van der Waals surface area contributed by atoms with E-state index in [1.54, 1.807) is 19.9 Å². The number of phenolic OH excluding ortho intramolecular Hbond substituents is 1. The Hall–Kier alpha value is -1.88. The maximum atomic E-state index is 11.9. The molecule has 0 aliphatic heterocycles. The number of carbonyl (C=O) groups excluding carboxylic acids is 2. The van der Waals surface area contributed by atoms with Crippen LogP contribution < -0.4 is 0 Å². The van der Waals surface area contributed by atoms with Crippen molar-refractivity contribution in [3.05, 3.63) is 28.8 Å². The molecule has 1 aromatic carbocycles. The summed E-state index contributed by atoms with van der Waals surface area (Å²) >= 11 is 0. The second-order valence-electron chi connectivity index (χ2n) is 4.61. The van der Waals surface area contributed by atoms with Gasteiger partial charge in [-0.2, -0.15) is 0 Å². The Morgan fingerprint density at radius 1 is 1.32 bits per heavy atom. The number of aromatic hydroxyl groups is 1. The van der Waals surface area contributed by atoms with Crippen LogP contribution in [0.5, 0.6) is 5.75 Å². The average molecular weight is 265 g/mol. The Morgan fingerprint density at radius 2 is 1.95 bits per heavy atom. The van der Waals surface area contributed by atoms with E-state index in [1.807, 2.05) is 19.0 Å². The predicted octanol–water partition coefficient (Wildman–Crippen LogP) is 1.51. The van der Waals surface area contributed by atoms with Crippen LogP contribution in [-0.2, 0) is 16.1 Å². The molecule has 0 aliphatic carbocycles. The van der Waals surface area contributed by atoms with Crippen molar-refractivity contribution in [2.24, 2.45) is 0 Å². The second-order valence-corrected chi connectivity index (χ2v) is 4.61. The summed E-state index contributed by atoms with van der Waals surface area (Å²) in [5.41, 5.74) is 1.41. The predicted molar refractivity (Wildman–Crippen MR) is 71.2 cm³/mol. The van der Waals surface area contributed by atoms with Crippen LogP contribution >= 0.6 is 0 Å². The first kappa shape index (κ1) is 15.2. The van der Waals surface area contributed by atoms with Gasteiger partial charge in [0.05, 0.1) is 12.2 Å². The van der Waals surface area contributed by atoms with Crippen LogP contribution in [0, 0.1) is 6.92 Å². The zero-order valence-electron chi connectivity index (χ0n) is 11.7. The van der Waals surface area contributed by atoms with Gasteiger partial charge in [-0.3, -0.25) is 4.79 Å². The van der Waals surface area contributed by atoms with Crippen molar-refractivity contribution in [1.29, 1.82) is 0 Å². The van der Waals surface area contributed by atoms with Gasteiger partial charge in [-0.15, -0.1) is 0 Å². The highest BCUT2D eigenvalue weighted by molar-refractivity contribution is 6.41. The van der Waals surface area contributed by atoms with Gasteiger partial charge in [0, 0.05) is 12.1 Å². The number of esters is 1. The van der Waals surface area contributed by atoms with E-state index in [0.29, 0.717) is 12.1 Å². The number of hydrogen-bond donors (Lipinski definition) is 1. The SMILES string of the molecule is CCOC(=O)C(=O)c1cc(C)cc(CN(C)C)c1O. The normalized spacial score (nSPS) is 10.6. The number of carbonyl (C=O) groups is 2. The van der Waals surface area contributed by atoms with E-state index in [1.165, 1.54) is 6.07 Å². The lowest BCUT2D eigenvalue weighted by molar-refractivity contribution is -0.137. The Kier molecular flexibility index (Phi) is 5.06. The van der Waals surface area contributed by atoms with Gasteiger partial charge >= 0.3 is 5.97 Å². The topological polar surface area (TPSA) is 66.8 Å². The molecule has 104 valence electrons. The maximum absolute atomic E-state index is 11.9. The third-order valence-corrected chi connectivity index (χ3v) is 2.53. The smallest absolute Gasteiger partial charge is 0.379 e. The molecule has 1 rings (SSSR count). The van der Waals surface area contributed by atoms with E-state index >= 15 is 0 Å². The zero-order chi connectivity index (χ0) is 14.6. The first-order valence-electron chi connectivity index (χ1n) is 6.05. The van der Waals surface area contributed by atoms with Crippen molar-refractivity contribution >= 4 is 11.8 Å². The fourth-order valence-corrected chi connectivity index (χ4v) is 1.79. The summed E-state index contributed by atoms with van der Waals surface area (Å²) in [5.74, 6) is -1.92. The second kappa shape index (κ2) is 6.33. The van der Waals surface area contributed by atoms with Gasteiger partial charge < -0.3 is 14.7 Å². The number of Topliss-reactive ketones (excluding diaryl/α,β-unsaturated/α-hetero) is 1. The highest BCUT2D eigenvalue weighted by Gasteiger charge is 2.23. The van der Waals surface area contributed by atoms with Gasteiger partial charge in [0.25, 0.3) is 5.78 Å². The van der Waals surface area contributed by atoms with E-state index in [0.717, 1.165) is 5.56 Å². The number of rotatable bonds is 5. The summed E-state index contributed by atoms with van der Waals surface area (Å²) in [6, 6.07) is 3.28. The van der Waals surface area contributed by atoms with Gasteiger partial charge in [0.2, 0.25) is 0 Å². The maximum Gasteiger partial charge on any atom is 0.379 e. The first-order valence-corrected chi connectivity index (χ1v) is 6.05. The van der Waals surface area contributed by atoms with Crippen LogP contribution in [0.15, 0.2) is 12.1 Å².